The number of amides is 3. The summed E-state index contributed by atoms with van der Waals surface area (Å²) in [5, 5.41) is 2.55. The summed E-state index contributed by atoms with van der Waals surface area (Å²) in [7, 11) is 0. The highest BCUT2D eigenvalue weighted by Gasteiger charge is 2.28. The van der Waals surface area contributed by atoms with Gasteiger partial charge in [0.1, 0.15) is 0 Å². The summed E-state index contributed by atoms with van der Waals surface area (Å²) in [5.41, 5.74) is 1.65. The minimum atomic E-state index is -0.690. The molecule has 1 heterocycles. The van der Waals surface area contributed by atoms with Crippen LogP contribution < -0.4 is 5.32 Å². The average molecular weight is 408 g/mol. The molecule has 1 aliphatic rings. The number of ketones is 1. The number of carbonyl (C=O) groups is 5. The Balaban J connectivity index is 1.53. The van der Waals surface area contributed by atoms with Crippen LogP contribution in [0.2, 0.25) is 0 Å². The Kier molecular flexibility index (Phi) is 6.36. The van der Waals surface area contributed by atoms with E-state index in [0.29, 0.717) is 16.8 Å². The van der Waals surface area contributed by atoms with Crippen molar-refractivity contribution in [3.8, 4) is 0 Å². The molecule has 1 N–H and O–H groups in total. The summed E-state index contributed by atoms with van der Waals surface area (Å²) < 4.78 is 5.02. The number of hydrogen-bond acceptors (Lipinski definition) is 6. The van der Waals surface area contributed by atoms with Crippen LogP contribution >= 0.6 is 0 Å². The number of likely N-dealkylation sites (tertiary alicyclic amines) is 1. The summed E-state index contributed by atoms with van der Waals surface area (Å²) in [6.07, 6.45) is 0.449. The van der Waals surface area contributed by atoms with Crippen LogP contribution in [0.3, 0.4) is 0 Å². The molecule has 154 valence electrons. The maximum Gasteiger partial charge on any atom is 0.338 e. The van der Waals surface area contributed by atoms with E-state index >= 15 is 0 Å². The molecular weight excluding hydrogens is 388 g/mol. The van der Waals surface area contributed by atoms with E-state index in [4.69, 9.17) is 4.74 Å². The predicted octanol–water partition coefficient (Wildman–Crippen LogP) is 2.33. The monoisotopic (exact) mass is 408 g/mol. The Labute approximate surface area is 172 Å². The zero-order valence-electron chi connectivity index (χ0n) is 16.3. The Morgan fingerprint density at radius 2 is 1.60 bits per heavy atom. The van der Waals surface area contributed by atoms with E-state index < -0.39 is 18.5 Å². The first kappa shape index (κ1) is 20.9. The molecule has 30 heavy (non-hydrogen) atoms. The Bertz CT molecular complexity index is 997. The maximum absolute atomic E-state index is 12.2. The first-order valence-corrected chi connectivity index (χ1v) is 9.34. The van der Waals surface area contributed by atoms with E-state index in [2.05, 4.69) is 5.32 Å². The minimum absolute atomic E-state index is 0.158. The number of benzene rings is 2. The molecule has 0 aromatic heterocycles. The minimum Gasteiger partial charge on any atom is -0.452 e. The Morgan fingerprint density at radius 1 is 0.967 bits per heavy atom. The van der Waals surface area contributed by atoms with Gasteiger partial charge >= 0.3 is 5.97 Å². The molecule has 1 fully saturated rings. The second-order valence-corrected chi connectivity index (χ2v) is 6.80. The van der Waals surface area contributed by atoms with Crippen LogP contribution in [0.25, 0.3) is 0 Å². The lowest BCUT2D eigenvalue weighted by atomic mass is 10.1. The van der Waals surface area contributed by atoms with Crippen molar-refractivity contribution in [2.45, 2.75) is 26.3 Å². The molecule has 2 aromatic carbocycles. The number of esters is 1. The molecular formula is C22H20N2O6. The number of anilines is 1. The van der Waals surface area contributed by atoms with Gasteiger partial charge in [-0.1, -0.05) is 24.3 Å². The van der Waals surface area contributed by atoms with Crippen LogP contribution in [0.15, 0.2) is 48.5 Å². The number of nitrogens with zero attached hydrogens (tertiary/aromatic N) is 1. The zero-order chi connectivity index (χ0) is 21.7. The van der Waals surface area contributed by atoms with E-state index in [9.17, 15) is 24.0 Å². The van der Waals surface area contributed by atoms with Gasteiger partial charge in [0.2, 0.25) is 11.8 Å². The molecule has 0 radical (unpaired) electrons. The molecule has 0 atom stereocenters. The van der Waals surface area contributed by atoms with Crippen molar-refractivity contribution in [1.29, 1.82) is 0 Å². The third-order valence-electron chi connectivity index (χ3n) is 4.60. The fraction of sp³-hybridized carbons (Fsp3) is 0.227. The quantitative estimate of drug-likeness (QED) is 0.428. The molecule has 0 aliphatic carbocycles. The number of carbonyl (C=O) groups excluding carboxylic acids is 5. The highest BCUT2D eigenvalue weighted by Crippen LogP contribution is 2.17. The van der Waals surface area contributed by atoms with Crippen molar-refractivity contribution < 1.29 is 28.7 Å². The second-order valence-electron chi connectivity index (χ2n) is 6.80. The van der Waals surface area contributed by atoms with Crippen molar-refractivity contribution in [2.75, 3.05) is 11.9 Å². The van der Waals surface area contributed by atoms with Crippen molar-refractivity contribution in [3.63, 3.8) is 0 Å². The topological polar surface area (TPSA) is 110 Å². The first-order valence-electron chi connectivity index (χ1n) is 9.34. The molecule has 8 heteroatoms. The van der Waals surface area contributed by atoms with Gasteiger partial charge in [-0.3, -0.25) is 24.1 Å². The van der Waals surface area contributed by atoms with E-state index in [1.807, 2.05) is 0 Å². The smallest absolute Gasteiger partial charge is 0.338 e. The molecule has 0 bridgehead atoms. The molecule has 8 nitrogen and oxygen atoms in total. The highest BCUT2D eigenvalue weighted by molar-refractivity contribution is 6.04. The van der Waals surface area contributed by atoms with Crippen LogP contribution in [0, 0.1) is 0 Å². The van der Waals surface area contributed by atoms with Gasteiger partial charge < -0.3 is 10.1 Å². The van der Waals surface area contributed by atoms with E-state index in [-0.39, 0.29) is 42.5 Å². The molecule has 0 saturated carbocycles. The number of rotatable bonds is 7. The number of hydrogen-bond donors (Lipinski definition) is 1. The third-order valence-corrected chi connectivity index (χ3v) is 4.60. The van der Waals surface area contributed by atoms with Gasteiger partial charge in [-0.05, 0) is 36.8 Å². The Hall–Kier alpha value is -3.81. The highest BCUT2D eigenvalue weighted by atomic mass is 16.5. The first-order chi connectivity index (χ1) is 14.3. The molecule has 1 saturated heterocycles. The maximum atomic E-state index is 12.2. The fourth-order valence-corrected chi connectivity index (χ4v) is 3.03. The van der Waals surface area contributed by atoms with Gasteiger partial charge in [0.05, 0.1) is 17.8 Å². The number of para-hydroxylation sites is 1. The SMILES string of the molecule is CC(=O)c1ccccc1NC(=O)COC(=O)c1ccc(CN2C(=O)CCC2=O)cc1. The van der Waals surface area contributed by atoms with Crippen LogP contribution in [-0.2, 0) is 25.7 Å². The summed E-state index contributed by atoms with van der Waals surface area (Å²) in [4.78, 5) is 60.4. The number of nitrogens with one attached hydrogen (secondary N) is 1. The molecule has 0 unspecified atom stereocenters. The standard InChI is InChI=1S/C22H20N2O6/c1-14(25)17-4-2-3-5-18(17)23-19(26)13-30-22(29)16-8-6-15(7-9-16)12-24-20(27)10-11-21(24)28/h2-9H,10-13H2,1H3,(H,23,26). The molecule has 2 aromatic rings. The predicted molar refractivity (Wildman–Crippen MR) is 107 cm³/mol. The van der Waals surface area contributed by atoms with Gasteiger partial charge in [-0.15, -0.1) is 0 Å². The summed E-state index contributed by atoms with van der Waals surface area (Å²) in [6.45, 7) is 1.04. The molecule has 3 amide bonds. The van der Waals surface area contributed by atoms with Crippen LogP contribution in [-0.4, -0.2) is 41.0 Å². The Morgan fingerprint density at radius 3 is 2.23 bits per heavy atom. The normalized spacial score (nSPS) is 13.3. The zero-order valence-corrected chi connectivity index (χ0v) is 16.3. The lowest BCUT2D eigenvalue weighted by Gasteiger charge is -2.14. The fourth-order valence-electron chi connectivity index (χ4n) is 3.03. The van der Waals surface area contributed by atoms with Crippen molar-refractivity contribution in [3.05, 3.63) is 65.2 Å². The average Bonchev–Trinajstić information content (AvgIpc) is 3.05. The van der Waals surface area contributed by atoms with Crippen molar-refractivity contribution in [1.82, 2.24) is 4.90 Å². The van der Waals surface area contributed by atoms with Crippen LogP contribution in [0.5, 0.6) is 0 Å². The summed E-state index contributed by atoms with van der Waals surface area (Å²) in [6, 6.07) is 12.8. The molecule has 1 aliphatic heterocycles. The van der Waals surface area contributed by atoms with Crippen molar-refractivity contribution in [2.24, 2.45) is 0 Å². The molecule has 0 spiro atoms. The summed E-state index contributed by atoms with van der Waals surface area (Å²) >= 11 is 0. The van der Waals surface area contributed by atoms with Gasteiger partial charge in [0.25, 0.3) is 5.91 Å². The lowest BCUT2D eigenvalue weighted by molar-refractivity contribution is -0.139. The largest absolute Gasteiger partial charge is 0.452 e. The lowest BCUT2D eigenvalue weighted by Crippen LogP contribution is -2.28. The number of Topliss-reactive ketones (excluding diaryl/α,β-unsaturated/α-hetero) is 1. The summed E-state index contributed by atoms with van der Waals surface area (Å²) in [5.74, 6) is -1.87. The second kappa shape index (κ2) is 9.13. The van der Waals surface area contributed by atoms with Gasteiger partial charge in [0.15, 0.2) is 12.4 Å². The van der Waals surface area contributed by atoms with Gasteiger partial charge in [0, 0.05) is 18.4 Å². The van der Waals surface area contributed by atoms with E-state index in [0.717, 1.165) is 0 Å². The molecule has 3 rings (SSSR count). The van der Waals surface area contributed by atoms with Crippen LogP contribution in [0.1, 0.15) is 46.0 Å². The third kappa shape index (κ3) is 4.96. The van der Waals surface area contributed by atoms with Crippen molar-refractivity contribution >= 4 is 35.2 Å². The van der Waals surface area contributed by atoms with E-state index in [1.54, 1.807) is 36.4 Å². The number of ether oxygens (including phenoxy) is 1. The van der Waals surface area contributed by atoms with E-state index in [1.165, 1.54) is 24.0 Å². The van der Waals surface area contributed by atoms with Gasteiger partial charge in [-0.2, -0.15) is 0 Å². The number of imide groups is 1. The van der Waals surface area contributed by atoms with Crippen LogP contribution in [0.4, 0.5) is 5.69 Å². The van der Waals surface area contributed by atoms with Gasteiger partial charge in [-0.25, -0.2) is 4.79 Å².